The second-order valence-electron chi connectivity index (χ2n) is 5.87. The molecule has 4 nitrogen and oxygen atoms in total. The van der Waals surface area contributed by atoms with E-state index in [2.05, 4.69) is 10.6 Å². The van der Waals surface area contributed by atoms with Gasteiger partial charge >= 0.3 is 6.18 Å². The van der Waals surface area contributed by atoms with Crippen molar-refractivity contribution in [2.45, 2.75) is 38.0 Å². The van der Waals surface area contributed by atoms with E-state index in [-0.39, 0.29) is 30.0 Å². The lowest BCUT2D eigenvalue weighted by molar-refractivity contribution is -0.137. The second kappa shape index (κ2) is 8.69. The molecule has 1 aliphatic heterocycles. The van der Waals surface area contributed by atoms with Crippen LogP contribution >= 0.6 is 12.4 Å². The molecule has 2 N–H and O–H groups in total. The van der Waals surface area contributed by atoms with Crippen molar-refractivity contribution in [3.8, 4) is 0 Å². The summed E-state index contributed by atoms with van der Waals surface area (Å²) in [6.45, 7) is 3.35. The highest BCUT2D eigenvalue weighted by Gasteiger charge is 2.31. The third kappa shape index (κ3) is 5.36. The molecule has 0 aliphatic carbocycles. The molecule has 0 bridgehead atoms. The lowest BCUT2D eigenvalue weighted by Crippen LogP contribution is -2.51. The van der Waals surface area contributed by atoms with Crippen LogP contribution in [0.3, 0.4) is 0 Å². The zero-order valence-corrected chi connectivity index (χ0v) is 14.5. The van der Waals surface area contributed by atoms with Crippen molar-refractivity contribution < 1.29 is 18.0 Å². The highest BCUT2D eigenvalue weighted by Crippen LogP contribution is 2.30. The SMILES string of the molecule is CNC1CCCN(C(C)C(=O)Nc2cccc(C(F)(F)F)c2)C1.Cl. The maximum atomic E-state index is 12.7. The van der Waals surface area contributed by atoms with E-state index in [0.717, 1.165) is 38.1 Å². The van der Waals surface area contributed by atoms with E-state index in [9.17, 15) is 18.0 Å². The molecule has 24 heavy (non-hydrogen) atoms. The number of piperidine rings is 1. The van der Waals surface area contributed by atoms with Crippen molar-refractivity contribution in [1.82, 2.24) is 10.2 Å². The average molecular weight is 366 g/mol. The van der Waals surface area contributed by atoms with Gasteiger partial charge < -0.3 is 10.6 Å². The monoisotopic (exact) mass is 365 g/mol. The van der Waals surface area contributed by atoms with E-state index < -0.39 is 11.7 Å². The molecule has 1 heterocycles. The maximum Gasteiger partial charge on any atom is 0.416 e. The Labute approximate surface area is 146 Å². The fraction of sp³-hybridized carbons (Fsp3) is 0.562. The van der Waals surface area contributed by atoms with Crippen molar-refractivity contribution in [3.63, 3.8) is 0 Å². The van der Waals surface area contributed by atoms with Gasteiger partial charge in [-0.25, -0.2) is 0 Å². The number of carbonyl (C=O) groups excluding carboxylic acids is 1. The molecule has 2 unspecified atom stereocenters. The molecule has 136 valence electrons. The van der Waals surface area contributed by atoms with E-state index in [4.69, 9.17) is 0 Å². The molecule has 8 heteroatoms. The van der Waals surface area contributed by atoms with Gasteiger partial charge in [-0.1, -0.05) is 6.07 Å². The van der Waals surface area contributed by atoms with Gasteiger partial charge in [0.15, 0.2) is 0 Å². The Hall–Kier alpha value is -1.31. The van der Waals surface area contributed by atoms with Crippen LogP contribution in [0.4, 0.5) is 18.9 Å². The van der Waals surface area contributed by atoms with Gasteiger partial charge in [0.25, 0.3) is 0 Å². The summed E-state index contributed by atoms with van der Waals surface area (Å²) in [5, 5.41) is 5.79. The van der Waals surface area contributed by atoms with E-state index >= 15 is 0 Å². The first-order valence-electron chi connectivity index (χ1n) is 7.70. The molecular weight excluding hydrogens is 343 g/mol. The number of hydrogen-bond donors (Lipinski definition) is 2. The number of likely N-dealkylation sites (tertiary alicyclic amines) is 1. The molecule has 0 saturated carbocycles. The van der Waals surface area contributed by atoms with Gasteiger partial charge in [-0.3, -0.25) is 9.69 Å². The van der Waals surface area contributed by atoms with E-state index in [1.165, 1.54) is 12.1 Å². The minimum atomic E-state index is -4.42. The summed E-state index contributed by atoms with van der Waals surface area (Å²) in [6.07, 6.45) is -2.36. The molecule has 2 atom stereocenters. The molecule has 1 aromatic rings. The summed E-state index contributed by atoms with van der Waals surface area (Å²) in [7, 11) is 1.89. The van der Waals surface area contributed by atoms with Crippen LogP contribution in [-0.4, -0.2) is 43.0 Å². The number of nitrogens with zero attached hydrogens (tertiary/aromatic N) is 1. The Kier molecular flexibility index (Phi) is 7.51. The minimum Gasteiger partial charge on any atom is -0.325 e. The summed E-state index contributed by atoms with van der Waals surface area (Å²) < 4.78 is 38.1. The standard InChI is InChI=1S/C16H22F3N3O.ClH/c1-11(22-8-4-7-14(10-22)20-2)15(23)21-13-6-3-5-12(9-13)16(17,18)19;/h3,5-6,9,11,14,20H,4,7-8,10H2,1-2H3,(H,21,23);1H. The fourth-order valence-corrected chi connectivity index (χ4v) is 2.78. The summed E-state index contributed by atoms with van der Waals surface area (Å²) in [5.41, 5.74) is -0.602. The Morgan fingerprint density at radius 3 is 2.71 bits per heavy atom. The zero-order chi connectivity index (χ0) is 17.0. The molecular formula is C16H23ClF3N3O. The molecule has 0 aromatic heterocycles. The zero-order valence-electron chi connectivity index (χ0n) is 13.7. The van der Waals surface area contributed by atoms with Crippen LogP contribution in [0, 0.1) is 0 Å². The number of rotatable bonds is 4. The van der Waals surface area contributed by atoms with Crippen LogP contribution in [0.2, 0.25) is 0 Å². The average Bonchev–Trinajstić information content (AvgIpc) is 2.53. The first kappa shape index (κ1) is 20.7. The lowest BCUT2D eigenvalue weighted by Gasteiger charge is -2.35. The van der Waals surface area contributed by atoms with Crippen LogP contribution in [0.15, 0.2) is 24.3 Å². The molecule has 1 saturated heterocycles. The maximum absolute atomic E-state index is 12.7. The van der Waals surface area contributed by atoms with Crippen molar-refractivity contribution in [2.24, 2.45) is 0 Å². The van der Waals surface area contributed by atoms with Crippen LogP contribution in [0.1, 0.15) is 25.3 Å². The van der Waals surface area contributed by atoms with Crippen LogP contribution in [0.5, 0.6) is 0 Å². The molecule has 1 aliphatic rings. The number of halogens is 4. The number of nitrogens with one attached hydrogen (secondary N) is 2. The van der Waals surface area contributed by atoms with Gasteiger partial charge in [-0.2, -0.15) is 13.2 Å². The second-order valence-corrected chi connectivity index (χ2v) is 5.87. The Balaban J connectivity index is 0.00000288. The topological polar surface area (TPSA) is 44.4 Å². The predicted octanol–water partition coefficient (Wildman–Crippen LogP) is 3.14. The quantitative estimate of drug-likeness (QED) is 0.861. The number of hydrogen-bond acceptors (Lipinski definition) is 3. The molecule has 2 rings (SSSR count). The fourth-order valence-electron chi connectivity index (χ4n) is 2.78. The first-order valence-corrected chi connectivity index (χ1v) is 7.70. The largest absolute Gasteiger partial charge is 0.416 e. The lowest BCUT2D eigenvalue weighted by atomic mass is 10.0. The molecule has 1 aromatic carbocycles. The summed E-state index contributed by atoms with van der Waals surface area (Å²) in [5.74, 6) is -0.291. The van der Waals surface area contributed by atoms with Crippen LogP contribution < -0.4 is 10.6 Å². The first-order chi connectivity index (χ1) is 10.8. The van der Waals surface area contributed by atoms with Crippen molar-refractivity contribution >= 4 is 24.0 Å². The number of anilines is 1. The summed E-state index contributed by atoms with van der Waals surface area (Å²) >= 11 is 0. The molecule has 1 amide bonds. The highest BCUT2D eigenvalue weighted by molar-refractivity contribution is 5.94. The van der Waals surface area contributed by atoms with Crippen LogP contribution in [-0.2, 0) is 11.0 Å². The third-order valence-corrected chi connectivity index (χ3v) is 4.25. The van der Waals surface area contributed by atoms with E-state index in [1.54, 1.807) is 6.92 Å². The van der Waals surface area contributed by atoms with E-state index in [0.29, 0.717) is 6.04 Å². The highest BCUT2D eigenvalue weighted by atomic mass is 35.5. The van der Waals surface area contributed by atoms with Crippen molar-refractivity contribution in [3.05, 3.63) is 29.8 Å². The van der Waals surface area contributed by atoms with Gasteiger partial charge in [0.2, 0.25) is 5.91 Å². The summed E-state index contributed by atoms with van der Waals surface area (Å²) in [6, 6.07) is 4.65. The van der Waals surface area contributed by atoms with Gasteiger partial charge in [-0.15, -0.1) is 12.4 Å². The number of amides is 1. The van der Waals surface area contributed by atoms with Crippen LogP contribution in [0.25, 0.3) is 0 Å². The van der Waals surface area contributed by atoms with Gasteiger partial charge in [0, 0.05) is 18.3 Å². The van der Waals surface area contributed by atoms with Gasteiger partial charge in [0.1, 0.15) is 0 Å². The smallest absolute Gasteiger partial charge is 0.325 e. The molecule has 0 radical (unpaired) electrons. The van der Waals surface area contributed by atoms with E-state index in [1.807, 2.05) is 11.9 Å². The normalized spacial score (nSPS) is 20.1. The van der Waals surface area contributed by atoms with Gasteiger partial charge in [-0.05, 0) is 51.6 Å². The number of carbonyl (C=O) groups is 1. The molecule has 0 spiro atoms. The summed E-state index contributed by atoms with van der Waals surface area (Å²) in [4.78, 5) is 14.4. The number of benzene rings is 1. The van der Waals surface area contributed by atoms with Crippen molar-refractivity contribution in [2.75, 3.05) is 25.5 Å². The Morgan fingerprint density at radius 2 is 2.08 bits per heavy atom. The van der Waals surface area contributed by atoms with Gasteiger partial charge in [0.05, 0.1) is 11.6 Å². The van der Waals surface area contributed by atoms with Crippen molar-refractivity contribution in [1.29, 1.82) is 0 Å². The third-order valence-electron chi connectivity index (χ3n) is 4.25. The molecule has 1 fully saturated rings. The minimum absolute atomic E-state index is 0. The predicted molar refractivity (Wildman–Crippen MR) is 90.4 cm³/mol. The number of alkyl halides is 3. The Bertz CT molecular complexity index is 554. The Morgan fingerprint density at radius 1 is 1.38 bits per heavy atom. The number of likely N-dealkylation sites (N-methyl/N-ethyl adjacent to an activating group) is 1.